The molecule has 4 rings (SSSR count). The van der Waals surface area contributed by atoms with E-state index in [1.165, 1.54) is 0 Å². The zero-order valence-electron chi connectivity index (χ0n) is 16.4. The van der Waals surface area contributed by atoms with Gasteiger partial charge >= 0.3 is 5.97 Å². The van der Waals surface area contributed by atoms with E-state index in [1.54, 1.807) is 0 Å². The summed E-state index contributed by atoms with van der Waals surface area (Å²) in [5, 5.41) is 0.819. The first-order valence-electron chi connectivity index (χ1n) is 9.77. The monoisotopic (exact) mass is 385 g/mol. The Kier molecular flexibility index (Phi) is 5.61. The van der Waals surface area contributed by atoms with Crippen LogP contribution >= 0.6 is 0 Å². The number of carbonyl (C=O) groups excluding carboxylic acids is 1. The molecule has 146 valence electrons. The number of nitrogens with one attached hydrogen (secondary N) is 1. The molecule has 0 saturated heterocycles. The Hall–Kier alpha value is -3.53. The number of ether oxygens (including phenoxy) is 2. The Morgan fingerprint density at radius 3 is 2.28 bits per heavy atom. The maximum absolute atomic E-state index is 12.7. The highest BCUT2D eigenvalue weighted by Gasteiger charge is 2.20. The van der Waals surface area contributed by atoms with Crippen LogP contribution in [-0.4, -0.2) is 17.6 Å². The highest BCUT2D eigenvalue weighted by molar-refractivity contribution is 6.06. The summed E-state index contributed by atoms with van der Waals surface area (Å²) in [5.41, 5.74) is 4.55. The molecule has 0 aliphatic heterocycles. The minimum absolute atomic E-state index is 0.315. The maximum atomic E-state index is 12.7. The summed E-state index contributed by atoms with van der Waals surface area (Å²) in [6.45, 7) is 2.63. The van der Waals surface area contributed by atoms with E-state index in [4.69, 9.17) is 9.47 Å². The Morgan fingerprint density at radius 1 is 0.897 bits per heavy atom. The van der Waals surface area contributed by atoms with Gasteiger partial charge in [0.15, 0.2) is 0 Å². The van der Waals surface area contributed by atoms with E-state index < -0.39 is 0 Å². The second-order valence-corrected chi connectivity index (χ2v) is 6.84. The second kappa shape index (κ2) is 8.65. The fraction of sp³-hybridized carbons (Fsp3) is 0.160. The Balaban J connectivity index is 1.68. The average molecular weight is 385 g/mol. The maximum Gasteiger partial charge on any atom is 0.340 e. The SMILES string of the molecule is CCOC(=O)c1c(Cc2ccccc2)[nH]c2ccc(OCc3ccccc3)cc12. The van der Waals surface area contributed by atoms with Gasteiger partial charge in [-0.2, -0.15) is 0 Å². The predicted molar refractivity (Wildman–Crippen MR) is 114 cm³/mol. The van der Waals surface area contributed by atoms with Gasteiger partial charge in [0.25, 0.3) is 0 Å². The van der Waals surface area contributed by atoms with Gasteiger partial charge in [-0.05, 0) is 36.2 Å². The molecule has 0 atom stereocenters. The molecule has 3 aromatic carbocycles. The third kappa shape index (κ3) is 4.32. The summed E-state index contributed by atoms with van der Waals surface area (Å²) in [7, 11) is 0. The largest absolute Gasteiger partial charge is 0.489 e. The van der Waals surface area contributed by atoms with Crippen molar-refractivity contribution in [3.8, 4) is 5.75 Å². The lowest BCUT2D eigenvalue weighted by Crippen LogP contribution is -2.07. The molecule has 4 nitrogen and oxygen atoms in total. The van der Waals surface area contributed by atoms with Gasteiger partial charge in [0.05, 0.1) is 12.2 Å². The van der Waals surface area contributed by atoms with Gasteiger partial charge in [-0.15, -0.1) is 0 Å². The molecule has 0 fully saturated rings. The molecule has 0 spiro atoms. The first-order valence-corrected chi connectivity index (χ1v) is 9.77. The molecule has 4 aromatic rings. The summed E-state index contributed by atoms with van der Waals surface area (Å²) in [5.74, 6) is 0.405. The molecule has 0 saturated carbocycles. The summed E-state index contributed by atoms with van der Waals surface area (Å²) in [6, 6.07) is 25.9. The Bertz CT molecular complexity index is 1100. The van der Waals surface area contributed by atoms with E-state index in [0.717, 1.165) is 33.5 Å². The van der Waals surface area contributed by atoms with Crippen LogP contribution in [0.1, 0.15) is 34.1 Å². The van der Waals surface area contributed by atoms with Crippen molar-refractivity contribution in [2.75, 3.05) is 6.61 Å². The minimum Gasteiger partial charge on any atom is -0.489 e. The minimum atomic E-state index is -0.315. The molecule has 0 aliphatic rings. The van der Waals surface area contributed by atoms with Crippen molar-refractivity contribution in [2.45, 2.75) is 20.0 Å². The number of benzene rings is 3. The Morgan fingerprint density at radius 2 is 1.59 bits per heavy atom. The molecule has 1 aromatic heterocycles. The van der Waals surface area contributed by atoms with Gasteiger partial charge in [-0.25, -0.2) is 4.79 Å². The Labute approximate surface area is 170 Å². The smallest absolute Gasteiger partial charge is 0.340 e. The third-order valence-corrected chi connectivity index (χ3v) is 4.80. The molecule has 0 aliphatic carbocycles. The van der Waals surface area contributed by atoms with E-state index >= 15 is 0 Å². The molecule has 0 bridgehead atoms. The third-order valence-electron chi connectivity index (χ3n) is 4.80. The van der Waals surface area contributed by atoms with Gasteiger partial charge in [0, 0.05) is 23.0 Å². The van der Waals surface area contributed by atoms with E-state index in [-0.39, 0.29) is 5.97 Å². The molecule has 4 heteroatoms. The quantitative estimate of drug-likeness (QED) is 0.427. The molecule has 1 heterocycles. The lowest BCUT2D eigenvalue weighted by atomic mass is 10.0. The number of aromatic amines is 1. The number of carbonyl (C=O) groups is 1. The predicted octanol–water partition coefficient (Wildman–Crippen LogP) is 5.51. The first kappa shape index (κ1) is 18.8. The molecular weight excluding hydrogens is 362 g/mol. The van der Waals surface area contributed by atoms with Crippen LogP contribution in [0, 0.1) is 0 Å². The van der Waals surface area contributed by atoms with Gasteiger partial charge in [0.2, 0.25) is 0 Å². The number of fused-ring (bicyclic) bond motifs is 1. The lowest BCUT2D eigenvalue weighted by molar-refractivity contribution is 0.0527. The molecule has 0 amide bonds. The van der Waals surface area contributed by atoms with Gasteiger partial charge in [0.1, 0.15) is 12.4 Å². The van der Waals surface area contributed by atoms with Gasteiger partial charge < -0.3 is 14.5 Å². The normalized spacial score (nSPS) is 10.8. The number of esters is 1. The van der Waals surface area contributed by atoms with Crippen LogP contribution in [0.15, 0.2) is 78.9 Å². The van der Waals surface area contributed by atoms with Gasteiger partial charge in [-0.3, -0.25) is 0 Å². The number of rotatable bonds is 7. The van der Waals surface area contributed by atoms with Crippen LogP contribution in [-0.2, 0) is 17.8 Å². The summed E-state index contributed by atoms with van der Waals surface area (Å²) in [4.78, 5) is 16.1. The van der Waals surface area contributed by atoms with Crippen LogP contribution in [0.5, 0.6) is 5.75 Å². The molecule has 0 unspecified atom stereocenters. The van der Waals surface area contributed by atoms with Crippen molar-refractivity contribution in [1.82, 2.24) is 4.98 Å². The number of hydrogen-bond acceptors (Lipinski definition) is 3. The van der Waals surface area contributed by atoms with Crippen LogP contribution < -0.4 is 4.74 Å². The van der Waals surface area contributed by atoms with Crippen molar-refractivity contribution in [1.29, 1.82) is 0 Å². The van der Waals surface area contributed by atoms with Crippen LogP contribution in [0.4, 0.5) is 0 Å². The topological polar surface area (TPSA) is 51.3 Å². The standard InChI is InChI=1S/C25H23NO3/c1-2-28-25(27)24-21-16-20(29-17-19-11-7-4-8-12-19)13-14-22(21)26-23(24)15-18-9-5-3-6-10-18/h3-14,16,26H,2,15,17H2,1H3. The zero-order chi connectivity index (χ0) is 20.1. The van der Waals surface area contributed by atoms with Crippen molar-refractivity contribution in [2.24, 2.45) is 0 Å². The number of H-pyrrole nitrogens is 1. The number of hydrogen-bond donors (Lipinski definition) is 1. The molecule has 1 N–H and O–H groups in total. The first-order chi connectivity index (χ1) is 14.2. The van der Waals surface area contributed by atoms with E-state index in [9.17, 15) is 4.79 Å². The van der Waals surface area contributed by atoms with Crippen LogP contribution in [0.2, 0.25) is 0 Å². The fourth-order valence-corrected chi connectivity index (χ4v) is 3.43. The van der Waals surface area contributed by atoms with E-state index in [2.05, 4.69) is 17.1 Å². The van der Waals surface area contributed by atoms with Crippen molar-refractivity contribution in [3.05, 3.63) is 101 Å². The van der Waals surface area contributed by atoms with Crippen molar-refractivity contribution in [3.63, 3.8) is 0 Å². The zero-order valence-corrected chi connectivity index (χ0v) is 16.4. The molecular formula is C25H23NO3. The van der Waals surface area contributed by atoms with Gasteiger partial charge in [-0.1, -0.05) is 60.7 Å². The van der Waals surface area contributed by atoms with Crippen LogP contribution in [0.3, 0.4) is 0 Å². The fourth-order valence-electron chi connectivity index (χ4n) is 3.43. The highest BCUT2D eigenvalue weighted by atomic mass is 16.5. The van der Waals surface area contributed by atoms with Crippen molar-refractivity contribution < 1.29 is 14.3 Å². The van der Waals surface area contributed by atoms with E-state index in [0.29, 0.717) is 25.2 Å². The van der Waals surface area contributed by atoms with Crippen molar-refractivity contribution >= 4 is 16.9 Å². The number of aromatic nitrogens is 1. The molecule has 29 heavy (non-hydrogen) atoms. The summed E-state index contributed by atoms with van der Waals surface area (Å²) >= 11 is 0. The van der Waals surface area contributed by atoms with Crippen LogP contribution in [0.25, 0.3) is 10.9 Å². The highest BCUT2D eigenvalue weighted by Crippen LogP contribution is 2.29. The second-order valence-electron chi connectivity index (χ2n) is 6.84. The van der Waals surface area contributed by atoms with E-state index in [1.807, 2.05) is 73.7 Å². The summed E-state index contributed by atoms with van der Waals surface area (Å²) < 4.78 is 11.3. The summed E-state index contributed by atoms with van der Waals surface area (Å²) in [6.07, 6.45) is 0.629. The molecule has 0 radical (unpaired) electrons. The average Bonchev–Trinajstić information content (AvgIpc) is 3.11. The lowest BCUT2D eigenvalue weighted by Gasteiger charge is -2.07.